The molecule has 0 bridgehead atoms. The molecule has 0 aliphatic carbocycles. The van der Waals surface area contributed by atoms with Gasteiger partial charge in [-0.15, -0.1) is 0 Å². The first-order valence-electron chi connectivity index (χ1n) is 11.9. The number of sulfonamides is 1. The van der Waals surface area contributed by atoms with Crippen LogP contribution in [0.2, 0.25) is 0 Å². The molecule has 194 valence electrons. The maximum absolute atomic E-state index is 13.2. The number of hydrogen-bond donors (Lipinski definition) is 0. The zero-order valence-electron chi connectivity index (χ0n) is 22.2. The summed E-state index contributed by atoms with van der Waals surface area (Å²) >= 11 is 0. The Balaban J connectivity index is 1.62. The molecule has 1 unspecified atom stereocenters. The van der Waals surface area contributed by atoms with Crippen LogP contribution in [0, 0.1) is 26.2 Å². The number of benzene rings is 1. The quantitative estimate of drug-likeness (QED) is 0.511. The van der Waals surface area contributed by atoms with Crippen molar-refractivity contribution < 1.29 is 22.7 Å². The molecule has 1 amide bonds. The van der Waals surface area contributed by atoms with Gasteiger partial charge in [0.25, 0.3) is 0 Å². The molecule has 0 fully saturated rings. The van der Waals surface area contributed by atoms with E-state index in [2.05, 4.69) is 37.6 Å². The van der Waals surface area contributed by atoms with Crippen molar-refractivity contribution in [2.75, 3.05) is 40.5 Å². The second-order valence-corrected chi connectivity index (χ2v) is 12.3. The topological polar surface area (TPSA) is 81.1 Å². The van der Waals surface area contributed by atoms with Crippen LogP contribution >= 0.6 is 0 Å². The van der Waals surface area contributed by atoms with Crippen molar-refractivity contribution in [3.63, 3.8) is 0 Å². The number of fused-ring (bicyclic) bond motifs is 1. The van der Waals surface area contributed by atoms with Gasteiger partial charge in [0, 0.05) is 38.6 Å². The first-order chi connectivity index (χ1) is 16.3. The highest BCUT2D eigenvalue weighted by molar-refractivity contribution is 7.89. The van der Waals surface area contributed by atoms with Crippen molar-refractivity contribution >= 4 is 15.9 Å². The predicted molar refractivity (Wildman–Crippen MR) is 136 cm³/mol. The third-order valence-corrected chi connectivity index (χ3v) is 8.81. The van der Waals surface area contributed by atoms with Gasteiger partial charge in [-0.05, 0) is 61.1 Å². The molecule has 0 saturated carbocycles. The molecule has 0 radical (unpaired) electrons. The van der Waals surface area contributed by atoms with Gasteiger partial charge in [0.2, 0.25) is 15.9 Å². The maximum Gasteiger partial charge on any atom is 0.249 e. The fourth-order valence-corrected chi connectivity index (χ4v) is 6.41. The maximum atomic E-state index is 13.2. The summed E-state index contributed by atoms with van der Waals surface area (Å²) in [6.45, 7) is 13.4. The van der Waals surface area contributed by atoms with Crippen molar-refractivity contribution in [1.82, 2.24) is 13.8 Å². The summed E-state index contributed by atoms with van der Waals surface area (Å²) in [4.78, 5) is 15.2. The highest BCUT2D eigenvalue weighted by Gasteiger charge is 2.38. The summed E-state index contributed by atoms with van der Waals surface area (Å²) in [5.41, 5.74) is 3.24. The predicted octanol–water partition coefficient (Wildman–Crippen LogP) is 3.69. The van der Waals surface area contributed by atoms with Gasteiger partial charge >= 0.3 is 0 Å². The number of carbonyl (C=O) groups is 1. The minimum absolute atomic E-state index is 0.0464. The van der Waals surface area contributed by atoms with E-state index in [1.165, 1.54) is 11.4 Å². The summed E-state index contributed by atoms with van der Waals surface area (Å²) in [6.07, 6.45) is 2.05. The molecule has 1 aliphatic heterocycles. The summed E-state index contributed by atoms with van der Waals surface area (Å²) < 4.78 is 41.0. The number of carbonyl (C=O) groups excluding carboxylic acids is 1. The molecule has 1 atom stereocenters. The first kappa shape index (κ1) is 27.2. The van der Waals surface area contributed by atoms with Crippen LogP contribution < -0.4 is 4.74 Å². The summed E-state index contributed by atoms with van der Waals surface area (Å²) in [5, 5.41) is 0. The standard InChI is InChI=1S/C26H39N3O5S/c1-18-16-22(19(2)20(3)24(18)33-8)35(31,32)27(7)14-15-34-17-23(30)29-13-12-28-11-9-10-21(28)25(29)26(4,5)6/h9-11,16,25H,12-15,17H2,1-8H3. The average molecular weight is 506 g/mol. The van der Waals surface area contributed by atoms with Gasteiger partial charge in [0.05, 0.1) is 24.7 Å². The van der Waals surface area contributed by atoms with Gasteiger partial charge in [-0.1, -0.05) is 20.8 Å². The fourth-order valence-electron chi connectivity index (χ4n) is 4.89. The van der Waals surface area contributed by atoms with Crippen molar-refractivity contribution in [3.05, 3.63) is 46.8 Å². The van der Waals surface area contributed by atoms with Crippen molar-refractivity contribution in [1.29, 1.82) is 0 Å². The monoisotopic (exact) mass is 505 g/mol. The number of rotatable bonds is 8. The number of aromatic nitrogens is 1. The Labute approximate surface area is 209 Å². The van der Waals surface area contributed by atoms with E-state index in [1.807, 2.05) is 24.8 Å². The van der Waals surface area contributed by atoms with E-state index in [0.717, 1.165) is 23.4 Å². The van der Waals surface area contributed by atoms with Gasteiger partial charge < -0.3 is 18.9 Å². The molecule has 1 aromatic heterocycles. The van der Waals surface area contributed by atoms with Gasteiger partial charge in [0.15, 0.2) is 0 Å². The van der Waals surface area contributed by atoms with E-state index in [-0.39, 0.29) is 42.0 Å². The highest BCUT2D eigenvalue weighted by Crippen LogP contribution is 2.40. The number of amides is 1. The summed E-state index contributed by atoms with van der Waals surface area (Å²) in [7, 11) is -0.603. The van der Waals surface area contributed by atoms with Gasteiger partial charge in [-0.25, -0.2) is 8.42 Å². The van der Waals surface area contributed by atoms with Crippen LogP contribution in [-0.4, -0.2) is 68.6 Å². The smallest absolute Gasteiger partial charge is 0.249 e. The fraction of sp³-hybridized carbons (Fsp3) is 0.577. The van der Waals surface area contributed by atoms with Crippen molar-refractivity contribution in [2.45, 2.75) is 59.0 Å². The molecule has 1 aromatic carbocycles. The number of methoxy groups -OCH3 is 1. The van der Waals surface area contributed by atoms with E-state index < -0.39 is 10.0 Å². The van der Waals surface area contributed by atoms with Crippen LogP contribution in [0.3, 0.4) is 0 Å². The lowest BCUT2D eigenvalue weighted by Crippen LogP contribution is -2.48. The third-order valence-electron chi connectivity index (χ3n) is 6.83. The molecule has 3 rings (SSSR count). The van der Waals surface area contributed by atoms with Gasteiger partial charge in [0.1, 0.15) is 12.4 Å². The third kappa shape index (κ3) is 5.42. The van der Waals surface area contributed by atoms with E-state index in [1.54, 1.807) is 20.1 Å². The van der Waals surface area contributed by atoms with Crippen LogP contribution in [0.5, 0.6) is 5.75 Å². The second-order valence-electron chi connectivity index (χ2n) is 10.3. The molecule has 9 heteroatoms. The Morgan fingerprint density at radius 2 is 1.86 bits per heavy atom. The van der Waals surface area contributed by atoms with Gasteiger partial charge in [-0.3, -0.25) is 4.79 Å². The number of ether oxygens (including phenoxy) is 2. The van der Waals surface area contributed by atoms with E-state index in [9.17, 15) is 13.2 Å². The molecule has 1 aliphatic rings. The van der Waals surface area contributed by atoms with E-state index in [4.69, 9.17) is 9.47 Å². The molecule has 2 aromatic rings. The van der Waals surface area contributed by atoms with Crippen LogP contribution in [-0.2, 0) is 26.1 Å². The Hall–Kier alpha value is -2.36. The molecular weight excluding hydrogens is 466 g/mol. The number of hydrogen-bond acceptors (Lipinski definition) is 5. The Morgan fingerprint density at radius 3 is 2.49 bits per heavy atom. The van der Waals surface area contributed by atoms with Crippen LogP contribution in [0.1, 0.15) is 49.2 Å². The Kier molecular flexibility index (Phi) is 8.03. The second kappa shape index (κ2) is 10.3. The SMILES string of the molecule is COc1c(C)cc(S(=O)(=O)N(C)CCOCC(=O)N2CCn3cccc3C2C(C)(C)C)c(C)c1C. The zero-order chi connectivity index (χ0) is 26.1. The lowest BCUT2D eigenvalue weighted by molar-refractivity contribution is -0.142. The molecular formula is C26H39N3O5S. The normalized spacial score (nSPS) is 16.5. The Bertz CT molecular complexity index is 1180. The van der Waals surface area contributed by atoms with Crippen LogP contribution in [0.4, 0.5) is 0 Å². The minimum atomic E-state index is -3.72. The average Bonchev–Trinajstić information content (AvgIpc) is 3.26. The highest BCUT2D eigenvalue weighted by atomic mass is 32.2. The largest absolute Gasteiger partial charge is 0.496 e. The van der Waals surface area contributed by atoms with Crippen LogP contribution in [0.25, 0.3) is 0 Å². The number of likely N-dealkylation sites (N-methyl/N-ethyl adjacent to an activating group) is 1. The van der Waals surface area contributed by atoms with E-state index in [0.29, 0.717) is 17.9 Å². The lowest BCUT2D eigenvalue weighted by atomic mass is 9.82. The molecule has 0 saturated heterocycles. The Morgan fingerprint density at radius 1 is 1.17 bits per heavy atom. The summed E-state index contributed by atoms with van der Waals surface area (Å²) in [6, 6.07) is 5.69. The molecule has 8 nitrogen and oxygen atoms in total. The molecule has 0 spiro atoms. The van der Waals surface area contributed by atoms with Crippen LogP contribution in [0.15, 0.2) is 29.3 Å². The first-order valence-corrected chi connectivity index (χ1v) is 13.4. The minimum Gasteiger partial charge on any atom is -0.496 e. The van der Waals surface area contributed by atoms with Crippen molar-refractivity contribution in [2.24, 2.45) is 5.41 Å². The lowest BCUT2D eigenvalue weighted by Gasteiger charge is -2.44. The number of nitrogens with zero attached hydrogens (tertiary/aromatic N) is 3. The zero-order valence-corrected chi connectivity index (χ0v) is 23.0. The van der Waals surface area contributed by atoms with Gasteiger partial charge in [-0.2, -0.15) is 4.31 Å². The van der Waals surface area contributed by atoms with Crippen molar-refractivity contribution in [3.8, 4) is 5.75 Å². The number of aryl methyl sites for hydroxylation is 1. The summed E-state index contributed by atoms with van der Waals surface area (Å²) in [5.74, 6) is 0.615. The molecule has 2 heterocycles. The molecule has 35 heavy (non-hydrogen) atoms. The van der Waals surface area contributed by atoms with E-state index >= 15 is 0 Å². The molecule has 0 N–H and O–H groups in total.